The standard InChI is InChI=1S/C14H15FN2OS/c1-2-17-9-11(8-16-17)6-13(18)10-19-14-5-3-4-12(15)7-14/h3-5,7-9H,2,6,10H2,1H3. The third-order valence-corrected chi connectivity index (χ3v) is 3.66. The maximum Gasteiger partial charge on any atom is 0.147 e. The fourth-order valence-electron chi connectivity index (χ4n) is 1.67. The zero-order valence-corrected chi connectivity index (χ0v) is 11.5. The van der Waals surface area contributed by atoms with Crippen LogP contribution in [0, 0.1) is 5.82 Å². The van der Waals surface area contributed by atoms with Crippen LogP contribution in [0.25, 0.3) is 0 Å². The largest absolute Gasteiger partial charge is 0.298 e. The number of carbonyl (C=O) groups is 1. The van der Waals surface area contributed by atoms with E-state index in [1.54, 1.807) is 23.0 Å². The smallest absolute Gasteiger partial charge is 0.147 e. The molecule has 0 radical (unpaired) electrons. The van der Waals surface area contributed by atoms with E-state index in [0.717, 1.165) is 17.0 Å². The molecule has 1 aromatic heterocycles. The first kappa shape index (κ1) is 13.8. The summed E-state index contributed by atoms with van der Waals surface area (Å²) in [5.74, 6) is 0.187. The molecule has 5 heteroatoms. The number of rotatable bonds is 6. The zero-order chi connectivity index (χ0) is 13.7. The van der Waals surface area contributed by atoms with E-state index in [1.165, 1.54) is 23.9 Å². The molecule has 100 valence electrons. The number of halogens is 1. The molecule has 2 rings (SSSR count). The maximum atomic E-state index is 13.0. The van der Waals surface area contributed by atoms with Gasteiger partial charge in [0, 0.05) is 24.1 Å². The number of carbonyl (C=O) groups excluding carboxylic acids is 1. The number of hydrogen-bond donors (Lipinski definition) is 0. The van der Waals surface area contributed by atoms with Crippen LogP contribution >= 0.6 is 11.8 Å². The van der Waals surface area contributed by atoms with Crippen LogP contribution in [0.3, 0.4) is 0 Å². The van der Waals surface area contributed by atoms with Gasteiger partial charge in [-0.3, -0.25) is 9.48 Å². The molecule has 0 unspecified atom stereocenters. The molecule has 0 bridgehead atoms. The summed E-state index contributed by atoms with van der Waals surface area (Å²) in [6, 6.07) is 6.28. The van der Waals surface area contributed by atoms with E-state index < -0.39 is 0 Å². The summed E-state index contributed by atoms with van der Waals surface area (Å²) >= 11 is 1.36. The Hall–Kier alpha value is -1.62. The predicted octanol–water partition coefficient (Wildman–Crippen LogP) is 2.95. The lowest BCUT2D eigenvalue weighted by atomic mass is 10.2. The summed E-state index contributed by atoms with van der Waals surface area (Å²) in [5.41, 5.74) is 0.923. The maximum absolute atomic E-state index is 13.0. The topological polar surface area (TPSA) is 34.9 Å². The average molecular weight is 278 g/mol. The van der Waals surface area contributed by atoms with Gasteiger partial charge in [-0.15, -0.1) is 11.8 Å². The van der Waals surface area contributed by atoms with Gasteiger partial charge in [-0.05, 0) is 30.7 Å². The van der Waals surface area contributed by atoms with E-state index >= 15 is 0 Å². The third-order valence-electron chi connectivity index (χ3n) is 2.61. The van der Waals surface area contributed by atoms with Gasteiger partial charge in [0.1, 0.15) is 11.6 Å². The highest BCUT2D eigenvalue weighted by Gasteiger charge is 2.07. The van der Waals surface area contributed by atoms with Crippen molar-refractivity contribution >= 4 is 17.5 Å². The van der Waals surface area contributed by atoms with Gasteiger partial charge in [0.25, 0.3) is 0 Å². The van der Waals surface area contributed by atoms with Crippen LogP contribution in [0.5, 0.6) is 0 Å². The molecule has 3 nitrogen and oxygen atoms in total. The summed E-state index contributed by atoms with van der Waals surface area (Å²) in [5, 5.41) is 4.13. The summed E-state index contributed by atoms with van der Waals surface area (Å²) in [6.45, 7) is 2.80. The first-order valence-corrected chi connectivity index (χ1v) is 7.07. The second-order valence-electron chi connectivity index (χ2n) is 4.17. The first-order valence-electron chi connectivity index (χ1n) is 6.09. The Morgan fingerprint density at radius 3 is 3.00 bits per heavy atom. The van der Waals surface area contributed by atoms with E-state index in [4.69, 9.17) is 0 Å². The lowest BCUT2D eigenvalue weighted by Crippen LogP contribution is -2.05. The van der Waals surface area contributed by atoms with Gasteiger partial charge >= 0.3 is 0 Å². The number of thioether (sulfide) groups is 1. The Morgan fingerprint density at radius 1 is 1.47 bits per heavy atom. The highest BCUT2D eigenvalue weighted by molar-refractivity contribution is 8.00. The molecule has 0 aliphatic heterocycles. The van der Waals surface area contributed by atoms with Crippen molar-refractivity contribution in [3.8, 4) is 0 Å². The Bertz CT molecular complexity index is 568. The highest BCUT2D eigenvalue weighted by Crippen LogP contribution is 2.19. The molecule has 2 aromatic rings. The van der Waals surface area contributed by atoms with E-state index in [0.29, 0.717) is 12.2 Å². The number of benzene rings is 1. The van der Waals surface area contributed by atoms with E-state index in [-0.39, 0.29) is 11.6 Å². The number of hydrogen-bond acceptors (Lipinski definition) is 3. The van der Waals surface area contributed by atoms with Gasteiger partial charge in [-0.1, -0.05) is 6.07 Å². The van der Waals surface area contributed by atoms with Crippen LogP contribution < -0.4 is 0 Å². The van der Waals surface area contributed by atoms with Crippen LogP contribution in [-0.2, 0) is 17.8 Å². The molecule has 0 fully saturated rings. The molecular weight excluding hydrogens is 263 g/mol. The minimum atomic E-state index is -0.276. The second-order valence-corrected chi connectivity index (χ2v) is 5.21. The summed E-state index contributed by atoms with van der Waals surface area (Å²) in [6.07, 6.45) is 3.97. The van der Waals surface area contributed by atoms with Crippen molar-refractivity contribution in [2.24, 2.45) is 0 Å². The molecule has 0 aliphatic carbocycles. The number of Topliss-reactive ketones (excluding diaryl/α,β-unsaturated/α-hetero) is 1. The second kappa shape index (κ2) is 6.52. The summed E-state index contributed by atoms with van der Waals surface area (Å²) < 4.78 is 14.8. The van der Waals surface area contributed by atoms with Crippen molar-refractivity contribution in [2.45, 2.75) is 24.8 Å². The summed E-state index contributed by atoms with van der Waals surface area (Å²) in [4.78, 5) is 12.6. The van der Waals surface area contributed by atoms with Gasteiger partial charge < -0.3 is 0 Å². The molecule has 19 heavy (non-hydrogen) atoms. The van der Waals surface area contributed by atoms with Crippen molar-refractivity contribution in [1.29, 1.82) is 0 Å². The monoisotopic (exact) mass is 278 g/mol. The van der Waals surface area contributed by atoms with Gasteiger partial charge in [0.05, 0.1) is 11.9 Å². The Morgan fingerprint density at radius 2 is 2.32 bits per heavy atom. The molecule has 0 saturated heterocycles. The van der Waals surface area contributed by atoms with E-state index in [1.807, 2.05) is 13.1 Å². The Balaban J connectivity index is 1.84. The van der Waals surface area contributed by atoms with Gasteiger partial charge in [0.2, 0.25) is 0 Å². The normalized spacial score (nSPS) is 10.6. The van der Waals surface area contributed by atoms with Crippen molar-refractivity contribution < 1.29 is 9.18 Å². The van der Waals surface area contributed by atoms with Crippen LogP contribution in [-0.4, -0.2) is 21.3 Å². The molecule has 0 amide bonds. The number of ketones is 1. The van der Waals surface area contributed by atoms with E-state index in [9.17, 15) is 9.18 Å². The van der Waals surface area contributed by atoms with Gasteiger partial charge in [-0.25, -0.2) is 4.39 Å². The first-order chi connectivity index (χ1) is 9.17. The van der Waals surface area contributed by atoms with Crippen LogP contribution in [0.2, 0.25) is 0 Å². The highest BCUT2D eigenvalue weighted by atomic mass is 32.2. The van der Waals surface area contributed by atoms with E-state index in [2.05, 4.69) is 5.10 Å². The number of nitrogens with zero attached hydrogens (tertiary/aromatic N) is 2. The van der Waals surface area contributed by atoms with Crippen LogP contribution in [0.1, 0.15) is 12.5 Å². The van der Waals surface area contributed by atoms with Gasteiger partial charge in [0.15, 0.2) is 0 Å². The predicted molar refractivity (Wildman–Crippen MR) is 73.7 cm³/mol. The molecule has 0 spiro atoms. The fourth-order valence-corrected chi connectivity index (χ4v) is 2.47. The minimum Gasteiger partial charge on any atom is -0.298 e. The fraction of sp³-hybridized carbons (Fsp3) is 0.286. The SMILES string of the molecule is CCn1cc(CC(=O)CSc2cccc(F)c2)cn1. The lowest BCUT2D eigenvalue weighted by molar-refractivity contribution is -0.116. The Labute approximate surface area is 115 Å². The zero-order valence-electron chi connectivity index (χ0n) is 10.7. The van der Waals surface area contributed by atoms with Crippen molar-refractivity contribution in [2.75, 3.05) is 5.75 Å². The quantitative estimate of drug-likeness (QED) is 0.762. The number of aryl methyl sites for hydroxylation is 1. The average Bonchev–Trinajstić information content (AvgIpc) is 2.84. The molecule has 1 aromatic carbocycles. The molecule has 0 saturated carbocycles. The lowest BCUT2D eigenvalue weighted by Gasteiger charge is -2.00. The molecule has 1 heterocycles. The molecular formula is C14H15FN2OS. The van der Waals surface area contributed by atoms with Gasteiger partial charge in [-0.2, -0.15) is 5.10 Å². The van der Waals surface area contributed by atoms with Crippen LogP contribution in [0.15, 0.2) is 41.6 Å². The number of aromatic nitrogens is 2. The minimum absolute atomic E-state index is 0.116. The van der Waals surface area contributed by atoms with Crippen molar-refractivity contribution in [1.82, 2.24) is 9.78 Å². The summed E-state index contributed by atoms with van der Waals surface area (Å²) in [7, 11) is 0. The third kappa shape index (κ3) is 4.21. The Kier molecular flexibility index (Phi) is 4.74. The molecule has 0 aliphatic rings. The van der Waals surface area contributed by atoms with Crippen molar-refractivity contribution in [3.63, 3.8) is 0 Å². The molecule has 0 atom stereocenters. The molecule has 0 N–H and O–H groups in total. The van der Waals surface area contributed by atoms with Crippen molar-refractivity contribution in [3.05, 3.63) is 48.0 Å². The van der Waals surface area contributed by atoms with Crippen LogP contribution in [0.4, 0.5) is 4.39 Å².